The van der Waals surface area contributed by atoms with Crippen molar-refractivity contribution in [1.29, 1.82) is 0 Å². The quantitative estimate of drug-likeness (QED) is 0.677. The molecule has 0 unspecified atom stereocenters. The van der Waals surface area contributed by atoms with Crippen molar-refractivity contribution in [1.82, 2.24) is 9.62 Å². The van der Waals surface area contributed by atoms with Gasteiger partial charge in [0.1, 0.15) is 5.82 Å². The Kier molecular flexibility index (Phi) is 6.23. The van der Waals surface area contributed by atoms with Gasteiger partial charge in [-0.25, -0.2) is 21.2 Å². The molecule has 1 amide bonds. The molecule has 33 heavy (non-hydrogen) atoms. The van der Waals surface area contributed by atoms with Crippen LogP contribution in [0.5, 0.6) is 0 Å². The molecule has 0 aromatic heterocycles. The van der Waals surface area contributed by atoms with Gasteiger partial charge in [0.15, 0.2) is 9.84 Å². The van der Waals surface area contributed by atoms with Gasteiger partial charge in [0.25, 0.3) is 5.91 Å². The number of carbonyl (C=O) groups excluding carboxylic acids is 1. The summed E-state index contributed by atoms with van der Waals surface area (Å²) in [5.41, 5.74) is 0.114. The minimum absolute atomic E-state index is 0.00887. The highest BCUT2D eigenvalue weighted by molar-refractivity contribution is 7.91. The zero-order chi connectivity index (χ0) is 23.9. The van der Waals surface area contributed by atoms with Crippen LogP contribution in [0.15, 0.2) is 53.4 Å². The second kappa shape index (κ2) is 8.69. The normalized spacial score (nSPS) is 23.4. The van der Waals surface area contributed by atoms with Crippen LogP contribution in [-0.4, -0.2) is 70.3 Å². The van der Waals surface area contributed by atoms with Gasteiger partial charge in [-0.3, -0.25) is 4.79 Å². The Balaban J connectivity index is 1.45. The molecule has 8 nitrogen and oxygen atoms in total. The molecular formula is C22H26FN3O5S2. The molecule has 0 aliphatic carbocycles. The lowest BCUT2D eigenvalue weighted by atomic mass is 10.0. The van der Waals surface area contributed by atoms with Gasteiger partial charge in [-0.1, -0.05) is 6.07 Å². The molecular weight excluding hydrogens is 469 g/mol. The molecule has 0 bridgehead atoms. The summed E-state index contributed by atoms with van der Waals surface area (Å²) in [6, 6.07) is 11.9. The van der Waals surface area contributed by atoms with Crippen LogP contribution in [0.1, 0.15) is 23.7 Å². The van der Waals surface area contributed by atoms with Crippen molar-refractivity contribution in [3.63, 3.8) is 0 Å². The van der Waals surface area contributed by atoms with E-state index in [-0.39, 0.29) is 40.9 Å². The molecule has 1 atom stereocenters. The van der Waals surface area contributed by atoms with E-state index >= 15 is 0 Å². The predicted octanol–water partition coefficient (Wildman–Crippen LogP) is 1.64. The number of piperazine rings is 1. The number of hydrogen-bond acceptors (Lipinski definition) is 6. The van der Waals surface area contributed by atoms with Crippen LogP contribution in [0.25, 0.3) is 0 Å². The lowest BCUT2D eigenvalue weighted by molar-refractivity contribution is 0.0915. The zero-order valence-corrected chi connectivity index (χ0v) is 19.8. The SMILES string of the molecule is C[C@]1(NC(=O)c2cccc(S(=O)(=O)N3CCN(c4ccc(F)cc4)CC3)c2)CCS(=O)(=O)C1. The van der Waals surface area contributed by atoms with Crippen molar-refractivity contribution >= 4 is 31.5 Å². The molecule has 2 aromatic carbocycles. The van der Waals surface area contributed by atoms with Gasteiger partial charge < -0.3 is 10.2 Å². The van der Waals surface area contributed by atoms with E-state index in [0.29, 0.717) is 19.5 Å². The number of sulfonamides is 1. The summed E-state index contributed by atoms with van der Waals surface area (Å²) in [6.45, 7) is 3.10. The summed E-state index contributed by atoms with van der Waals surface area (Å²) >= 11 is 0. The van der Waals surface area contributed by atoms with Gasteiger partial charge in [0.05, 0.1) is 21.9 Å². The number of hydrogen-bond donors (Lipinski definition) is 1. The molecule has 2 heterocycles. The number of halogens is 1. The molecule has 2 fully saturated rings. The molecule has 4 rings (SSSR count). The predicted molar refractivity (Wildman–Crippen MR) is 123 cm³/mol. The Morgan fingerprint density at radius 1 is 1.06 bits per heavy atom. The topological polar surface area (TPSA) is 104 Å². The van der Waals surface area contributed by atoms with Crippen LogP contribution in [0.3, 0.4) is 0 Å². The van der Waals surface area contributed by atoms with E-state index in [0.717, 1.165) is 5.69 Å². The Morgan fingerprint density at radius 2 is 1.73 bits per heavy atom. The van der Waals surface area contributed by atoms with Crippen LogP contribution < -0.4 is 10.2 Å². The molecule has 178 valence electrons. The highest BCUT2D eigenvalue weighted by Crippen LogP contribution is 2.25. The average Bonchev–Trinajstić information content (AvgIpc) is 3.06. The first-order valence-electron chi connectivity index (χ1n) is 10.6. The third kappa shape index (κ3) is 5.20. The third-order valence-electron chi connectivity index (χ3n) is 6.08. The van der Waals surface area contributed by atoms with Gasteiger partial charge in [-0.2, -0.15) is 4.31 Å². The highest BCUT2D eigenvalue weighted by Gasteiger charge is 2.39. The number of sulfone groups is 1. The van der Waals surface area contributed by atoms with Crippen LogP contribution in [0.4, 0.5) is 10.1 Å². The smallest absolute Gasteiger partial charge is 0.251 e. The lowest BCUT2D eigenvalue weighted by Crippen LogP contribution is -2.48. The summed E-state index contributed by atoms with van der Waals surface area (Å²) in [7, 11) is -7.01. The van der Waals surface area contributed by atoms with E-state index in [2.05, 4.69) is 5.32 Å². The van der Waals surface area contributed by atoms with Crippen molar-refractivity contribution in [2.24, 2.45) is 0 Å². The standard InChI is InChI=1S/C22H26FN3O5S2/c1-22(9-14-32(28,29)16-22)24-21(27)17-3-2-4-20(15-17)33(30,31)26-12-10-25(11-13-26)19-7-5-18(23)6-8-19/h2-8,15H,9-14,16H2,1H3,(H,24,27)/t22-/m0/s1. The van der Waals surface area contributed by atoms with Crippen molar-refractivity contribution in [2.75, 3.05) is 42.6 Å². The molecule has 1 N–H and O–H groups in total. The minimum atomic E-state index is -3.82. The Morgan fingerprint density at radius 3 is 2.33 bits per heavy atom. The second-order valence-electron chi connectivity index (χ2n) is 8.75. The number of nitrogens with zero attached hydrogens (tertiary/aromatic N) is 2. The van der Waals surface area contributed by atoms with Gasteiger partial charge in [-0.05, 0) is 55.8 Å². The number of amides is 1. The molecule has 0 spiro atoms. The lowest BCUT2D eigenvalue weighted by Gasteiger charge is -2.35. The van der Waals surface area contributed by atoms with Gasteiger partial charge >= 0.3 is 0 Å². The Labute approximate surface area is 193 Å². The maximum atomic E-state index is 13.2. The summed E-state index contributed by atoms with van der Waals surface area (Å²) in [6.07, 6.45) is 0.317. The fourth-order valence-electron chi connectivity index (χ4n) is 4.24. The number of anilines is 1. The highest BCUT2D eigenvalue weighted by atomic mass is 32.2. The molecule has 2 aliphatic rings. The first-order valence-corrected chi connectivity index (χ1v) is 13.9. The second-order valence-corrected chi connectivity index (χ2v) is 12.9. The third-order valence-corrected chi connectivity index (χ3v) is 9.88. The van der Waals surface area contributed by atoms with Crippen molar-refractivity contribution in [3.05, 3.63) is 59.9 Å². The number of benzene rings is 2. The molecule has 2 saturated heterocycles. The first kappa shape index (κ1) is 23.7. The van der Waals surface area contributed by atoms with Crippen molar-refractivity contribution < 1.29 is 26.0 Å². The molecule has 0 saturated carbocycles. The Bertz CT molecular complexity index is 1260. The zero-order valence-electron chi connectivity index (χ0n) is 18.2. The van der Waals surface area contributed by atoms with Gasteiger partial charge in [0, 0.05) is 37.4 Å². The summed E-state index contributed by atoms with van der Waals surface area (Å²) in [4.78, 5) is 14.7. The maximum Gasteiger partial charge on any atom is 0.251 e. The fourth-order valence-corrected chi connectivity index (χ4v) is 7.80. The van der Waals surface area contributed by atoms with E-state index in [1.165, 1.54) is 40.7 Å². The number of nitrogens with one attached hydrogen (secondary N) is 1. The summed E-state index contributed by atoms with van der Waals surface area (Å²) < 4.78 is 64.5. The van der Waals surface area contributed by atoms with Crippen LogP contribution in [0, 0.1) is 5.82 Å². The van der Waals surface area contributed by atoms with E-state index in [1.54, 1.807) is 19.1 Å². The van der Waals surface area contributed by atoms with E-state index in [9.17, 15) is 26.0 Å². The van der Waals surface area contributed by atoms with E-state index in [4.69, 9.17) is 0 Å². The van der Waals surface area contributed by atoms with Crippen LogP contribution >= 0.6 is 0 Å². The number of rotatable bonds is 5. The van der Waals surface area contributed by atoms with Crippen LogP contribution in [-0.2, 0) is 19.9 Å². The van der Waals surface area contributed by atoms with E-state index < -0.39 is 31.3 Å². The summed E-state index contributed by atoms with van der Waals surface area (Å²) in [5, 5.41) is 2.75. The summed E-state index contributed by atoms with van der Waals surface area (Å²) in [5.74, 6) is -0.954. The monoisotopic (exact) mass is 495 g/mol. The average molecular weight is 496 g/mol. The number of carbonyl (C=O) groups is 1. The van der Waals surface area contributed by atoms with Crippen molar-refractivity contribution in [3.8, 4) is 0 Å². The molecule has 2 aliphatic heterocycles. The molecule has 2 aromatic rings. The largest absolute Gasteiger partial charge is 0.369 e. The molecule has 0 radical (unpaired) electrons. The van der Waals surface area contributed by atoms with Gasteiger partial charge in [-0.15, -0.1) is 0 Å². The van der Waals surface area contributed by atoms with E-state index in [1.807, 2.05) is 4.90 Å². The van der Waals surface area contributed by atoms with Crippen LogP contribution in [0.2, 0.25) is 0 Å². The first-order chi connectivity index (χ1) is 15.5. The Hall–Kier alpha value is -2.50. The molecule has 11 heteroatoms. The minimum Gasteiger partial charge on any atom is -0.369 e. The maximum absolute atomic E-state index is 13.2. The fraction of sp³-hybridized carbons (Fsp3) is 0.409. The van der Waals surface area contributed by atoms with Crippen molar-refractivity contribution in [2.45, 2.75) is 23.8 Å². The van der Waals surface area contributed by atoms with Gasteiger partial charge in [0.2, 0.25) is 10.0 Å².